The molecule has 0 unspecified atom stereocenters. The predicted molar refractivity (Wildman–Crippen MR) is 106 cm³/mol. The van der Waals surface area contributed by atoms with Gasteiger partial charge in [-0.05, 0) is 43.5 Å². The van der Waals surface area contributed by atoms with Gasteiger partial charge in [0.05, 0.1) is 14.9 Å². The third-order valence-corrected chi connectivity index (χ3v) is 9.59. The normalized spacial score (nSPS) is 29.7. The maximum Gasteiger partial charge on any atom is 0.245 e. The molecule has 3 heterocycles. The van der Waals surface area contributed by atoms with Crippen LogP contribution in [0.2, 0.25) is 0 Å². The lowest BCUT2D eigenvalue weighted by Gasteiger charge is -2.42. The first kappa shape index (κ1) is 17.4. The van der Waals surface area contributed by atoms with Gasteiger partial charge in [-0.3, -0.25) is 9.69 Å². The molecule has 0 bridgehead atoms. The second-order valence-corrected chi connectivity index (χ2v) is 10.7. The molecule has 0 N–H and O–H groups in total. The van der Waals surface area contributed by atoms with Crippen LogP contribution in [0.15, 0.2) is 53.4 Å². The molecule has 5 nitrogen and oxygen atoms in total. The summed E-state index contributed by atoms with van der Waals surface area (Å²) in [5.41, 5.74) is 1.91. The minimum atomic E-state index is -3.74. The number of hydrogen-bond donors (Lipinski definition) is 0. The Labute approximate surface area is 167 Å². The first-order valence-corrected chi connectivity index (χ1v) is 11.3. The van der Waals surface area contributed by atoms with Crippen LogP contribution in [0.5, 0.6) is 0 Å². The van der Waals surface area contributed by atoms with Gasteiger partial charge in [-0.25, -0.2) is 8.42 Å². The van der Waals surface area contributed by atoms with Crippen molar-refractivity contribution in [2.24, 2.45) is 0 Å². The highest BCUT2D eigenvalue weighted by Crippen LogP contribution is 2.66. The molecule has 0 radical (unpaired) electrons. The van der Waals surface area contributed by atoms with Crippen LogP contribution in [0.25, 0.3) is 0 Å². The molecule has 2 aromatic carbocycles. The van der Waals surface area contributed by atoms with Crippen LogP contribution >= 0.6 is 15.9 Å². The number of halogens is 1. The summed E-state index contributed by atoms with van der Waals surface area (Å²) >= 11 is 3.91. The Balaban J connectivity index is 1.72. The number of para-hydroxylation sites is 1. The summed E-state index contributed by atoms with van der Waals surface area (Å²) in [6, 6.07) is 14.7. The van der Waals surface area contributed by atoms with E-state index in [1.807, 2.05) is 43.3 Å². The van der Waals surface area contributed by atoms with Crippen LogP contribution in [0.3, 0.4) is 0 Å². The monoisotopic (exact) mass is 446 g/mol. The second kappa shape index (κ2) is 5.43. The number of sulfonamides is 1. The largest absolute Gasteiger partial charge is 0.290 e. The standard InChI is InChI=1S/C20H19BrN2O3S/c1-14-6-8-15(9-7-14)27(25,26)22-13-12-19(21)16-4-2-3-5-17(16)23-18(24)10-11-20(19,22)23/h2-9H,10-13H2,1H3/t19-,20-/m0/s1. The topological polar surface area (TPSA) is 57.7 Å². The minimum absolute atomic E-state index is 0.0187. The van der Waals surface area contributed by atoms with Crippen molar-refractivity contribution in [3.05, 3.63) is 59.7 Å². The molecule has 0 aromatic heterocycles. The van der Waals surface area contributed by atoms with Gasteiger partial charge in [-0.2, -0.15) is 4.31 Å². The van der Waals surface area contributed by atoms with E-state index in [4.69, 9.17) is 0 Å². The van der Waals surface area contributed by atoms with Crippen LogP contribution in [0, 0.1) is 6.92 Å². The molecule has 140 valence electrons. The predicted octanol–water partition coefficient (Wildman–Crippen LogP) is 3.52. The Kier molecular flexibility index (Phi) is 3.50. The Morgan fingerprint density at radius 2 is 1.74 bits per heavy atom. The zero-order chi connectivity index (χ0) is 19.0. The summed E-state index contributed by atoms with van der Waals surface area (Å²) in [6.07, 6.45) is 1.46. The molecule has 5 rings (SSSR count). The molecule has 1 spiro atoms. The number of fused-ring (bicyclic) bond motifs is 3. The highest BCUT2D eigenvalue weighted by Gasteiger charge is 2.73. The van der Waals surface area contributed by atoms with E-state index in [1.54, 1.807) is 21.3 Å². The van der Waals surface area contributed by atoms with Gasteiger partial charge in [-0.1, -0.05) is 51.8 Å². The molecule has 0 saturated carbocycles. The fourth-order valence-corrected chi connectivity index (χ4v) is 8.02. The van der Waals surface area contributed by atoms with E-state index >= 15 is 0 Å². The number of anilines is 1. The smallest absolute Gasteiger partial charge is 0.245 e. The molecule has 3 aliphatic rings. The molecule has 1 amide bonds. The Hall–Kier alpha value is -1.70. The molecule has 2 saturated heterocycles. The number of carbonyl (C=O) groups excluding carboxylic acids is 1. The molecule has 2 fully saturated rings. The zero-order valence-corrected chi connectivity index (χ0v) is 17.3. The first-order chi connectivity index (χ1) is 12.8. The second-order valence-electron chi connectivity index (χ2n) is 7.50. The number of rotatable bonds is 2. The average Bonchev–Trinajstić information content (AvgIpc) is 3.21. The van der Waals surface area contributed by atoms with Gasteiger partial charge in [0.1, 0.15) is 5.66 Å². The van der Waals surface area contributed by atoms with E-state index in [1.165, 1.54) is 0 Å². The lowest BCUT2D eigenvalue weighted by molar-refractivity contribution is -0.117. The highest BCUT2D eigenvalue weighted by molar-refractivity contribution is 9.09. The van der Waals surface area contributed by atoms with Crippen molar-refractivity contribution >= 4 is 37.5 Å². The summed E-state index contributed by atoms with van der Waals surface area (Å²) in [6.45, 7) is 2.30. The van der Waals surface area contributed by atoms with Crippen molar-refractivity contribution in [3.8, 4) is 0 Å². The third kappa shape index (κ3) is 1.97. The van der Waals surface area contributed by atoms with Gasteiger partial charge in [0.2, 0.25) is 15.9 Å². The number of amides is 1. The van der Waals surface area contributed by atoms with Crippen LogP contribution in [-0.2, 0) is 19.1 Å². The first-order valence-electron chi connectivity index (χ1n) is 9.03. The van der Waals surface area contributed by atoms with Gasteiger partial charge in [-0.15, -0.1) is 0 Å². The van der Waals surface area contributed by atoms with Gasteiger partial charge in [0, 0.05) is 13.0 Å². The summed E-state index contributed by atoms with van der Waals surface area (Å²) in [4.78, 5) is 14.8. The van der Waals surface area contributed by atoms with E-state index in [9.17, 15) is 13.2 Å². The SMILES string of the molecule is Cc1ccc(S(=O)(=O)N2CC[C@]3(Br)c4ccccc4N4C(=O)CC[C@@]423)cc1. The lowest BCUT2D eigenvalue weighted by atomic mass is 9.88. The van der Waals surface area contributed by atoms with Gasteiger partial charge in [0.15, 0.2) is 0 Å². The molecule has 2 aromatic rings. The van der Waals surface area contributed by atoms with Gasteiger partial charge >= 0.3 is 0 Å². The Bertz CT molecular complexity index is 1070. The van der Waals surface area contributed by atoms with Crippen LogP contribution < -0.4 is 4.90 Å². The fraction of sp³-hybridized carbons (Fsp3) is 0.350. The molecule has 0 aliphatic carbocycles. The minimum Gasteiger partial charge on any atom is -0.290 e. The van der Waals surface area contributed by atoms with Crippen molar-refractivity contribution < 1.29 is 13.2 Å². The van der Waals surface area contributed by atoms with E-state index < -0.39 is 20.0 Å². The lowest BCUT2D eigenvalue weighted by Crippen LogP contribution is -2.60. The van der Waals surface area contributed by atoms with Crippen molar-refractivity contribution in [1.82, 2.24) is 4.31 Å². The van der Waals surface area contributed by atoms with Crippen LogP contribution in [0.1, 0.15) is 30.4 Å². The van der Waals surface area contributed by atoms with Crippen molar-refractivity contribution in [1.29, 1.82) is 0 Å². The van der Waals surface area contributed by atoms with Gasteiger partial charge in [0.25, 0.3) is 0 Å². The summed E-state index contributed by atoms with van der Waals surface area (Å²) < 4.78 is 28.2. The maximum atomic E-state index is 13.6. The number of benzene rings is 2. The van der Waals surface area contributed by atoms with Crippen molar-refractivity contribution in [3.63, 3.8) is 0 Å². The van der Waals surface area contributed by atoms with Gasteiger partial charge < -0.3 is 0 Å². The number of hydrogen-bond acceptors (Lipinski definition) is 3. The molecule has 27 heavy (non-hydrogen) atoms. The van der Waals surface area contributed by atoms with Crippen LogP contribution in [-0.4, -0.2) is 30.8 Å². The summed E-state index contributed by atoms with van der Waals surface area (Å²) in [5, 5.41) is 0. The maximum absolute atomic E-state index is 13.6. The summed E-state index contributed by atoms with van der Waals surface area (Å²) in [5.74, 6) is -0.0187. The number of aryl methyl sites for hydroxylation is 1. The zero-order valence-electron chi connectivity index (χ0n) is 14.9. The van der Waals surface area contributed by atoms with E-state index in [0.29, 0.717) is 25.8 Å². The number of alkyl halides is 1. The van der Waals surface area contributed by atoms with E-state index in [0.717, 1.165) is 16.8 Å². The molecular weight excluding hydrogens is 428 g/mol. The average molecular weight is 447 g/mol. The quantitative estimate of drug-likeness (QED) is 0.663. The molecule has 2 atom stereocenters. The van der Waals surface area contributed by atoms with Crippen LogP contribution in [0.4, 0.5) is 5.69 Å². The molecule has 3 aliphatic heterocycles. The van der Waals surface area contributed by atoms with E-state index in [-0.39, 0.29) is 10.8 Å². The van der Waals surface area contributed by atoms with E-state index in [2.05, 4.69) is 15.9 Å². The summed E-state index contributed by atoms with van der Waals surface area (Å²) in [7, 11) is -3.74. The highest BCUT2D eigenvalue weighted by atomic mass is 79.9. The molecular formula is C20H19BrN2O3S. The molecule has 7 heteroatoms. The Morgan fingerprint density at radius 1 is 1.04 bits per heavy atom. The van der Waals surface area contributed by atoms with Crippen molar-refractivity contribution in [2.45, 2.75) is 41.1 Å². The number of carbonyl (C=O) groups is 1. The van der Waals surface area contributed by atoms with Crippen molar-refractivity contribution in [2.75, 3.05) is 11.4 Å². The third-order valence-electron chi connectivity index (χ3n) is 6.19. The number of nitrogens with zero attached hydrogens (tertiary/aromatic N) is 2. The fourth-order valence-electron chi connectivity index (χ4n) is 5.01. The Morgan fingerprint density at radius 3 is 2.48 bits per heavy atom.